The van der Waals surface area contributed by atoms with Crippen LogP contribution in [0.25, 0.3) is 0 Å². The topological polar surface area (TPSA) is 49.8 Å². The number of para-hydroxylation sites is 1. The van der Waals surface area contributed by atoms with E-state index in [2.05, 4.69) is 18.7 Å². The van der Waals surface area contributed by atoms with Gasteiger partial charge < -0.3 is 9.84 Å². The molecule has 0 aliphatic carbocycles. The highest BCUT2D eigenvalue weighted by Gasteiger charge is 2.50. The van der Waals surface area contributed by atoms with Crippen LogP contribution in [0.5, 0.6) is 5.75 Å². The Morgan fingerprint density at radius 3 is 2.62 bits per heavy atom. The number of carboxylic acid groups (broad SMARTS) is 1. The third-order valence-electron chi connectivity index (χ3n) is 4.65. The molecule has 1 fully saturated rings. The van der Waals surface area contributed by atoms with Crippen LogP contribution in [0.1, 0.15) is 45.1 Å². The molecule has 1 saturated heterocycles. The fraction of sp³-hybridized carbons (Fsp3) is 0.588. The molecule has 3 rings (SSSR count). The quantitative estimate of drug-likeness (QED) is 0.929. The lowest BCUT2D eigenvalue weighted by molar-refractivity contribution is -0.142. The van der Waals surface area contributed by atoms with E-state index in [0.717, 1.165) is 37.2 Å². The molecule has 21 heavy (non-hydrogen) atoms. The highest BCUT2D eigenvalue weighted by molar-refractivity contribution is 5.69. The standard InChI is InChI=1S/C17H23NO3/c1-16(2)12-17(11-15(19)20,18-9-5-6-10-18)13-7-3-4-8-14(13)21-16/h3-4,7-8H,5-6,9-12H2,1-2H3,(H,19,20). The van der Waals surface area contributed by atoms with Gasteiger partial charge in [0, 0.05) is 12.0 Å². The molecule has 4 heteroatoms. The summed E-state index contributed by atoms with van der Waals surface area (Å²) in [5, 5.41) is 9.52. The molecule has 0 radical (unpaired) electrons. The van der Waals surface area contributed by atoms with Gasteiger partial charge in [-0.2, -0.15) is 0 Å². The van der Waals surface area contributed by atoms with E-state index in [1.165, 1.54) is 0 Å². The van der Waals surface area contributed by atoms with Crippen molar-refractivity contribution in [1.29, 1.82) is 0 Å². The molecule has 0 bridgehead atoms. The van der Waals surface area contributed by atoms with Crippen LogP contribution in [0.2, 0.25) is 0 Å². The maximum atomic E-state index is 11.6. The van der Waals surface area contributed by atoms with Crippen LogP contribution in [0, 0.1) is 0 Å². The van der Waals surface area contributed by atoms with Gasteiger partial charge in [0.2, 0.25) is 0 Å². The first-order valence-corrected chi connectivity index (χ1v) is 7.68. The number of nitrogens with zero attached hydrogens (tertiary/aromatic N) is 1. The molecule has 0 aromatic heterocycles. The Labute approximate surface area is 125 Å². The monoisotopic (exact) mass is 289 g/mol. The minimum atomic E-state index is -0.741. The summed E-state index contributed by atoms with van der Waals surface area (Å²) in [6, 6.07) is 7.93. The molecule has 114 valence electrons. The SMILES string of the molecule is CC1(C)CC(CC(=O)O)(N2CCCC2)c2ccccc2O1. The van der Waals surface area contributed by atoms with E-state index in [1.54, 1.807) is 0 Å². The number of likely N-dealkylation sites (tertiary alicyclic amines) is 1. The van der Waals surface area contributed by atoms with Gasteiger partial charge in [0.1, 0.15) is 11.4 Å². The molecule has 1 N–H and O–H groups in total. The molecule has 1 unspecified atom stereocenters. The Balaban J connectivity index is 2.14. The van der Waals surface area contributed by atoms with E-state index in [-0.39, 0.29) is 12.0 Å². The van der Waals surface area contributed by atoms with Crippen LogP contribution in [-0.2, 0) is 10.3 Å². The van der Waals surface area contributed by atoms with Gasteiger partial charge in [0.05, 0.1) is 12.0 Å². The molecule has 2 aliphatic rings. The van der Waals surface area contributed by atoms with Crippen LogP contribution in [0.15, 0.2) is 24.3 Å². The fourth-order valence-electron chi connectivity index (χ4n) is 4.02. The smallest absolute Gasteiger partial charge is 0.305 e. The molecular weight excluding hydrogens is 266 g/mol. The van der Waals surface area contributed by atoms with Gasteiger partial charge in [0.15, 0.2) is 0 Å². The second-order valence-electron chi connectivity index (χ2n) is 6.83. The number of benzene rings is 1. The van der Waals surface area contributed by atoms with Crippen LogP contribution in [0.3, 0.4) is 0 Å². The number of ether oxygens (including phenoxy) is 1. The zero-order chi connectivity index (χ0) is 15.1. The third kappa shape index (κ3) is 2.53. The van der Waals surface area contributed by atoms with Crippen molar-refractivity contribution in [1.82, 2.24) is 4.90 Å². The molecule has 1 atom stereocenters. The lowest BCUT2D eigenvalue weighted by Crippen LogP contribution is -2.54. The summed E-state index contributed by atoms with van der Waals surface area (Å²) in [5.74, 6) is 0.0938. The molecule has 2 aliphatic heterocycles. The lowest BCUT2D eigenvalue weighted by Gasteiger charge is -2.50. The highest BCUT2D eigenvalue weighted by atomic mass is 16.5. The van der Waals surface area contributed by atoms with Crippen LogP contribution >= 0.6 is 0 Å². The van der Waals surface area contributed by atoms with E-state index in [1.807, 2.05) is 24.3 Å². The first-order chi connectivity index (χ1) is 9.93. The van der Waals surface area contributed by atoms with Gasteiger partial charge >= 0.3 is 5.97 Å². The van der Waals surface area contributed by atoms with Crippen molar-refractivity contribution in [3.05, 3.63) is 29.8 Å². The average Bonchev–Trinajstić information content (AvgIpc) is 2.90. The van der Waals surface area contributed by atoms with Crippen molar-refractivity contribution in [3.63, 3.8) is 0 Å². The van der Waals surface area contributed by atoms with E-state index in [0.29, 0.717) is 6.42 Å². The minimum absolute atomic E-state index is 0.136. The molecular formula is C17H23NO3. The number of aliphatic carboxylic acids is 1. The Hall–Kier alpha value is -1.55. The van der Waals surface area contributed by atoms with Gasteiger partial charge in [0.25, 0.3) is 0 Å². The van der Waals surface area contributed by atoms with Gasteiger partial charge in [-0.1, -0.05) is 18.2 Å². The number of carbonyl (C=O) groups is 1. The predicted octanol–water partition coefficient (Wildman–Crippen LogP) is 3.01. The second-order valence-corrected chi connectivity index (χ2v) is 6.83. The first kappa shape index (κ1) is 14.4. The van der Waals surface area contributed by atoms with Gasteiger partial charge in [-0.05, 0) is 45.8 Å². The average molecular weight is 289 g/mol. The van der Waals surface area contributed by atoms with Crippen LogP contribution in [0.4, 0.5) is 0 Å². The number of rotatable bonds is 3. The minimum Gasteiger partial charge on any atom is -0.487 e. The van der Waals surface area contributed by atoms with Crippen molar-refractivity contribution in [2.24, 2.45) is 0 Å². The number of carboxylic acids is 1. The summed E-state index contributed by atoms with van der Waals surface area (Å²) in [4.78, 5) is 13.9. The molecule has 1 aromatic rings. The predicted molar refractivity (Wildman–Crippen MR) is 80.5 cm³/mol. The van der Waals surface area contributed by atoms with E-state index < -0.39 is 11.5 Å². The molecule has 4 nitrogen and oxygen atoms in total. The summed E-state index contributed by atoms with van der Waals surface area (Å²) in [5.41, 5.74) is 0.237. The van der Waals surface area contributed by atoms with E-state index >= 15 is 0 Å². The lowest BCUT2D eigenvalue weighted by atomic mass is 9.74. The highest BCUT2D eigenvalue weighted by Crippen LogP contribution is 2.49. The summed E-state index contributed by atoms with van der Waals surface area (Å²) in [6.45, 7) is 6.04. The van der Waals surface area contributed by atoms with E-state index in [9.17, 15) is 9.90 Å². The zero-order valence-electron chi connectivity index (χ0n) is 12.8. The van der Waals surface area contributed by atoms with Gasteiger partial charge in [-0.25, -0.2) is 0 Å². The number of hydrogen-bond acceptors (Lipinski definition) is 3. The summed E-state index contributed by atoms with van der Waals surface area (Å²) < 4.78 is 6.10. The van der Waals surface area contributed by atoms with Crippen molar-refractivity contribution in [3.8, 4) is 5.75 Å². The third-order valence-corrected chi connectivity index (χ3v) is 4.65. The maximum Gasteiger partial charge on any atom is 0.305 e. The van der Waals surface area contributed by atoms with E-state index in [4.69, 9.17) is 4.74 Å². The Morgan fingerprint density at radius 1 is 1.29 bits per heavy atom. The Kier molecular flexibility index (Phi) is 3.44. The number of hydrogen-bond donors (Lipinski definition) is 1. The summed E-state index contributed by atoms with van der Waals surface area (Å²) in [6.07, 6.45) is 3.13. The van der Waals surface area contributed by atoms with Crippen molar-refractivity contribution >= 4 is 5.97 Å². The Morgan fingerprint density at radius 2 is 1.95 bits per heavy atom. The molecule has 2 heterocycles. The van der Waals surface area contributed by atoms with Crippen LogP contribution < -0.4 is 4.74 Å². The summed E-state index contributed by atoms with van der Waals surface area (Å²) >= 11 is 0. The fourth-order valence-corrected chi connectivity index (χ4v) is 4.02. The maximum absolute atomic E-state index is 11.6. The molecule has 1 aromatic carbocycles. The van der Waals surface area contributed by atoms with Gasteiger partial charge in [-0.15, -0.1) is 0 Å². The largest absolute Gasteiger partial charge is 0.487 e. The van der Waals surface area contributed by atoms with Crippen molar-refractivity contribution in [2.45, 2.75) is 50.7 Å². The zero-order valence-corrected chi connectivity index (χ0v) is 12.8. The van der Waals surface area contributed by atoms with Gasteiger partial charge in [-0.3, -0.25) is 9.69 Å². The second kappa shape index (κ2) is 5.02. The number of fused-ring (bicyclic) bond motifs is 1. The molecule has 0 spiro atoms. The van der Waals surface area contributed by atoms with Crippen molar-refractivity contribution < 1.29 is 14.6 Å². The molecule has 0 amide bonds. The molecule has 0 saturated carbocycles. The summed E-state index contributed by atoms with van der Waals surface area (Å²) in [7, 11) is 0. The normalized spacial score (nSPS) is 27.9. The van der Waals surface area contributed by atoms with Crippen LogP contribution in [-0.4, -0.2) is 34.7 Å². The first-order valence-electron chi connectivity index (χ1n) is 7.68. The van der Waals surface area contributed by atoms with Crippen molar-refractivity contribution in [2.75, 3.05) is 13.1 Å². The Bertz CT molecular complexity index is 549.